The normalized spacial score (nSPS) is 12.6. The van der Waals surface area contributed by atoms with Crippen LogP contribution in [0.25, 0.3) is 10.9 Å². The molecule has 0 saturated heterocycles. The van der Waals surface area contributed by atoms with Gasteiger partial charge in [-0.2, -0.15) is 5.10 Å². The number of rotatable bonds is 5. The molecule has 1 atom stereocenters. The molecule has 2 aromatic heterocycles. The summed E-state index contributed by atoms with van der Waals surface area (Å²) in [6, 6.07) is 7.76. The highest BCUT2D eigenvalue weighted by Gasteiger charge is 2.06. The first-order chi connectivity index (χ1) is 10.6. The molecule has 22 heavy (non-hydrogen) atoms. The number of aryl methyl sites for hydroxylation is 1. The molecular formula is C16H19N5O. The lowest BCUT2D eigenvalue weighted by Crippen LogP contribution is -2.30. The Labute approximate surface area is 128 Å². The van der Waals surface area contributed by atoms with Gasteiger partial charge < -0.3 is 10.3 Å². The highest BCUT2D eigenvalue weighted by molar-refractivity contribution is 5.79. The van der Waals surface area contributed by atoms with E-state index in [1.54, 1.807) is 17.1 Å². The van der Waals surface area contributed by atoms with Gasteiger partial charge in [0, 0.05) is 35.2 Å². The third-order valence-corrected chi connectivity index (χ3v) is 3.61. The van der Waals surface area contributed by atoms with Crippen molar-refractivity contribution in [3.63, 3.8) is 0 Å². The molecule has 3 aromatic rings. The number of nitrogens with one attached hydrogen (secondary N) is 2. The van der Waals surface area contributed by atoms with Gasteiger partial charge in [-0.25, -0.2) is 4.98 Å². The van der Waals surface area contributed by atoms with Crippen LogP contribution in [0.3, 0.4) is 0 Å². The largest absolute Gasteiger partial charge is 0.357 e. The number of aromatic amines is 1. The van der Waals surface area contributed by atoms with E-state index in [9.17, 15) is 4.79 Å². The lowest BCUT2D eigenvalue weighted by atomic mass is 10.1. The molecule has 6 heteroatoms. The maximum Gasteiger partial charge on any atom is 0.189 e. The molecule has 0 aliphatic carbocycles. The molecule has 2 N–H and O–H groups in total. The molecule has 0 aliphatic rings. The zero-order valence-corrected chi connectivity index (χ0v) is 12.7. The third-order valence-electron chi connectivity index (χ3n) is 3.61. The second kappa shape index (κ2) is 6.11. The van der Waals surface area contributed by atoms with Crippen LogP contribution in [-0.4, -0.2) is 25.8 Å². The molecule has 2 heterocycles. The Morgan fingerprint density at radius 2 is 2.23 bits per heavy atom. The summed E-state index contributed by atoms with van der Waals surface area (Å²) in [5.74, 6) is 0. The Hall–Kier alpha value is -2.47. The number of H-pyrrole nitrogens is 1. The van der Waals surface area contributed by atoms with Crippen molar-refractivity contribution in [3.8, 4) is 0 Å². The standard InChI is InChI=1S/C16H19N5O/c1-11-3-4-15-14(5-11)16(22)6-13(20-15)7-18-12(2)8-21-10-17-9-19-21/h3-6,9-10,12,18H,7-8H2,1-2H3,(H,20,22)/t12-/m1/s1. The van der Waals surface area contributed by atoms with Crippen molar-refractivity contribution in [2.75, 3.05) is 0 Å². The van der Waals surface area contributed by atoms with E-state index in [1.165, 1.54) is 6.33 Å². The van der Waals surface area contributed by atoms with Crippen molar-refractivity contribution in [2.24, 2.45) is 0 Å². The van der Waals surface area contributed by atoms with Crippen LogP contribution in [0.2, 0.25) is 0 Å². The van der Waals surface area contributed by atoms with Crippen LogP contribution in [0.1, 0.15) is 18.2 Å². The SMILES string of the molecule is Cc1ccc2[nH]c(CN[C@H](C)Cn3cncn3)cc(=O)c2c1. The minimum Gasteiger partial charge on any atom is -0.357 e. The lowest BCUT2D eigenvalue weighted by molar-refractivity contribution is 0.448. The van der Waals surface area contributed by atoms with Crippen molar-refractivity contribution < 1.29 is 0 Å². The van der Waals surface area contributed by atoms with E-state index in [1.807, 2.05) is 25.1 Å². The second-order valence-corrected chi connectivity index (χ2v) is 5.61. The van der Waals surface area contributed by atoms with E-state index in [-0.39, 0.29) is 11.5 Å². The van der Waals surface area contributed by atoms with Crippen LogP contribution in [0.5, 0.6) is 0 Å². The molecule has 0 fully saturated rings. The summed E-state index contributed by atoms with van der Waals surface area (Å²) >= 11 is 0. The maximum absolute atomic E-state index is 12.2. The van der Waals surface area contributed by atoms with Gasteiger partial charge in [0.2, 0.25) is 0 Å². The topological polar surface area (TPSA) is 75.6 Å². The lowest BCUT2D eigenvalue weighted by Gasteiger charge is -2.14. The first kappa shape index (κ1) is 14.5. The molecule has 0 amide bonds. The van der Waals surface area contributed by atoms with Crippen LogP contribution in [-0.2, 0) is 13.1 Å². The van der Waals surface area contributed by atoms with Gasteiger partial charge in [0.25, 0.3) is 0 Å². The summed E-state index contributed by atoms with van der Waals surface area (Å²) in [5.41, 5.74) is 2.90. The van der Waals surface area contributed by atoms with Crippen molar-refractivity contribution in [1.82, 2.24) is 25.1 Å². The molecule has 0 spiro atoms. The van der Waals surface area contributed by atoms with Gasteiger partial charge in [-0.05, 0) is 26.0 Å². The van der Waals surface area contributed by atoms with Gasteiger partial charge >= 0.3 is 0 Å². The van der Waals surface area contributed by atoms with Crippen LogP contribution in [0, 0.1) is 6.92 Å². The third kappa shape index (κ3) is 3.23. The fourth-order valence-electron chi connectivity index (χ4n) is 2.47. The molecule has 1 aromatic carbocycles. The average molecular weight is 297 g/mol. The maximum atomic E-state index is 12.2. The summed E-state index contributed by atoms with van der Waals surface area (Å²) in [4.78, 5) is 19.4. The van der Waals surface area contributed by atoms with Gasteiger partial charge in [-0.15, -0.1) is 0 Å². The smallest absolute Gasteiger partial charge is 0.189 e. The Balaban J connectivity index is 1.71. The molecule has 0 bridgehead atoms. The summed E-state index contributed by atoms with van der Waals surface area (Å²) < 4.78 is 1.78. The zero-order chi connectivity index (χ0) is 15.5. The second-order valence-electron chi connectivity index (χ2n) is 5.61. The fourth-order valence-corrected chi connectivity index (χ4v) is 2.47. The zero-order valence-electron chi connectivity index (χ0n) is 12.7. The Morgan fingerprint density at radius 1 is 1.36 bits per heavy atom. The predicted octanol–water partition coefficient (Wildman–Crippen LogP) is 1.61. The van der Waals surface area contributed by atoms with Crippen molar-refractivity contribution >= 4 is 10.9 Å². The van der Waals surface area contributed by atoms with Crippen LogP contribution < -0.4 is 10.7 Å². The molecule has 6 nitrogen and oxygen atoms in total. The Kier molecular flexibility index (Phi) is 4.02. The van der Waals surface area contributed by atoms with Crippen LogP contribution in [0.15, 0.2) is 41.7 Å². The summed E-state index contributed by atoms with van der Waals surface area (Å²) in [5, 5.41) is 8.20. The predicted molar refractivity (Wildman–Crippen MR) is 85.6 cm³/mol. The van der Waals surface area contributed by atoms with E-state index in [2.05, 4.69) is 27.3 Å². The monoisotopic (exact) mass is 297 g/mol. The fraction of sp³-hybridized carbons (Fsp3) is 0.312. The first-order valence-electron chi connectivity index (χ1n) is 7.30. The van der Waals surface area contributed by atoms with Gasteiger partial charge in [-0.3, -0.25) is 9.48 Å². The quantitative estimate of drug-likeness (QED) is 0.750. The van der Waals surface area contributed by atoms with Crippen molar-refractivity contribution in [1.29, 1.82) is 0 Å². The summed E-state index contributed by atoms with van der Waals surface area (Å²) in [6.07, 6.45) is 3.22. The Bertz CT molecular complexity index is 822. The van der Waals surface area contributed by atoms with Crippen LogP contribution >= 0.6 is 0 Å². The number of benzene rings is 1. The number of hydrogen-bond donors (Lipinski definition) is 2. The number of hydrogen-bond acceptors (Lipinski definition) is 4. The number of nitrogens with zero attached hydrogens (tertiary/aromatic N) is 3. The van der Waals surface area contributed by atoms with E-state index in [0.29, 0.717) is 6.54 Å². The molecule has 0 unspecified atom stereocenters. The van der Waals surface area contributed by atoms with Gasteiger partial charge in [-0.1, -0.05) is 11.6 Å². The van der Waals surface area contributed by atoms with E-state index in [4.69, 9.17) is 0 Å². The van der Waals surface area contributed by atoms with Gasteiger partial charge in [0.15, 0.2) is 5.43 Å². The average Bonchev–Trinajstić information content (AvgIpc) is 2.99. The van der Waals surface area contributed by atoms with E-state index < -0.39 is 0 Å². The minimum absolute atomic E-state index is 0.0539. The molecule has 0 aliphatic heterocycles. The first-order valence-corrected chi connectivity index (χ1v) is 7.30. The number of fused-ring (bicyclic) bond motifs is 1. The summed E-state index contributed by atoms with van der Waals surface area (Å²) in [7, 11) is 0. The van der Waals surface area contributed by atoms with E-state index in [0.717, 1.165) is 28.7 Å². The summed E-state index contributed by atoms with van der Waals surface area (Å²) in [6.45, 7) is 5.40. The highest BCUT2D eigenvalue weighted by atomic mass is 16.1. The van der Waals surface area contributed by atoms with Gasteiger partial charge in [0.05, 0.1) is 6.54 Å². The van der Waals surface area contributed by atoms with E-state index >= 15 is 0 Å². The van der Waals surface area contributed by atoms with Crippen molar-refractivity contribution in [3.05, 3.63) is 58.4 Å². The molecule has 114 valence electrons. The van der Waals surface area contributed by atoms with Crippen LogP contribution in [0.4, 0.5) is 0 Å². The molecule has 0 saturated carbocycles. The molecular weight excluding hydrogens is 278 g/mol. The van der Waals surface area contributed by atoms with Crippen molar-refractivity contribution in [2.45, 2.75) is 33.0 Å². The highest BCUT2D eigenvalue weighted by Crippen LogP contribution is 2.10. The number of aromatic nitrogens is 4. The molecule has 3 rings (SSSR count). The number of pyridine rings is 1. The van der Waals surface area contributed by atoms with Gasteiger partial charge in [0.1, 0.15) is 12.7 Å². The molecule has 0 radical (unpaired) electrons. The Morgan fingerprint density at radius 3 is 3.00 bits per heavy atom. The minimum atomic E-state index is 0.0539.